The van der Waals surface area contributed by atoms with Crippen LogP contribution in [0.4, 0.5) is 0 Å². The van der Waals surface area contributed by atoms with Crippen LogP contribution in [0.3, 0.4) is 0 Å². The number of rotatable bonds is 3. The molecular weight excluding hydrogens is 348 g/mol. The Morgan fingerprint density at radius 3 is 2.39 bits per heavy atom. The second-order valence-corrected chi connectivity index (χ2v) is 8.48. The van der Waals surface area contributed by atoms with Crippen molar-refractivity contribution in [2.45, 2.75) is 32.1 Å². The molecule has 28 heavy (non-hydrogen) atoms. The third kappa shape index (κ3) is 3.93. The Balaban J connectivity index is 1.45. The zero-order valence-corrected chi connectivity index (χ0v) is 16.7. The molecule has 0 aliphatic carbocycles. The van der Waals surface area contributed by atoms with Crippen molar-refractivity contribution >= 4 is 5.91 Å². The summed E-state index contributed by atoms with van der Waals surface area (Å²) < 4.78 is 0. The van der Waals surface area contributed by atoms with Gasteiger partial charge in [-0.2, -0.15) is 0 Å². The van der Waals surface area contributed by atoms with Crippen molar-refractivity contribution in [1.29, 1.82) is 0 Å². The van der Waals surface area contributed by atoms with Gasteiger partial charge in [0.25, 0.3) is 5.91 Å². The highest BCUT2D eigenvalue weighted by Crippen LogP contribution is 2.45. The molecule has 148 valence electrons. The number of hydrogen-bond acceptors (Lipinski definition) is 3. The van der Waals surface area contributed by atoms with Crippen molar-refractivity contribution in [3.63, 3.8) is 0 Å². The standard InChI is InChI=1S/C24H30N2O2/c1-2-25-17-21(19-6-4-3-5-7-19)16-24(18-25)12-14-26(15-13-24)23(28)20-8-10-22(27)11-9-20/h3-11,21,27H,2,12-18H2,1H3. The van der Waals surface area contributed by atoms with Gasteiger partial charge in [-0.1, -0.05) is 37.3 Å². The van der Waals surface area contributed by atoms with E-state index in [1.54, 1.807) is 24.3 Å². The molecule has 1 unspecified atom stereocenters. The summed E-state index contributed by atoms with van der Waals surface area (Å²) in [6.07, 6.45) is 3.35. The van der Waals surface area contributed by atoms with Crippen LogP contribution in [-0.4, -0.2) is 53.5 Å². The van der Waals surface area contributed by atoms with Crippen molar-refractivity contribution < 1.29 is 9.90 Å². The first-order valence-corrected chi connectivity index (χ1v) is 10.4. The van der Waals surface area contributed by atoms with Crippen LogP contribution in [-0.2, 0) is 0 Å². The smallest absolute Gasteiger partial charge is 0.253 e. The molecule has 0 radical (unpaired) electrons. The van der Waals surface area contributed by atoms with Gasteiger partial charge in [-0.15, -0.1) is 0 Å². The molecule has 4 rings (SSSR count). The lowest BCUT2D eigenvalue weighted by atomic mass is 9.68. The van der Waals surface area contributed by atoms with E-state index in [1.807, 2.05) is 4.90 Å². The molecule has 1 amide bonds. The second kappa shape index (κ2) is 7.96. The number of aromatic hydroxyl groups is 1. The minimum Gasteiger partial charge on any atom is -0.508 e. The first kappa shape index (κ1) is 19.0. The van der Waals surface area contributed by atoms with Crippen LogP contribution >= 0.6 is 0 Å². The fraction of sp³-hybridized carbons (Fsp3) is 0.458. The summed E-state index contributed by atoms with van der Waals surface area (Å²) in [5.41, 5.74) is 2.41. The van der Waals surface area contributed by atoms with Gasteiger partial charge in [0, 0.05) is 31.7 Å². The highest BCUT2D eigenvalue weighted by atomic mass is 16.3. The largest absolute Gasteiger partial charge is 0.508 e. The van der Waals surface area contributed by atoms with Crippen molar-refractivity contribution in [3.8, 4) is 5.75 Å². The number of likely N-dealkylation sites (tertiary alicyclic amines) is 2. The molecular formula is C24H30N2O2. The minimum atomic E-state index is 0.0811. The van der Waals surface area contributed by atoms with Crippen LogP contribution in [0.1, 0.15) is 48.0 Å². The van der Waals surface area contributed by atoms with Crippen molar-refractivity contribution in [2.75, 3.05) is 32.7 Å². The van der Waals surface area contributed by atoms with Crippen LogP contribution < -0.4 is 0 Å². The summed E-state index contributed by atoms with van der Waals surface area (Å²) in [6, 6.07) is 17.5. The molecule has 4 heteroatoms. The maximum atomic E-state index is 12.8. The summed E-state index contributed by atoms with van der Waals surface area (Å²) in [7, 11) is 0. The molecule has 2 fully saturated rings. The van der Waals surface area contributed by atoms with Crippen molar-refractivity contribution in [2.24, 2.45) is 5.41 Å². The number of phenolic OH excluding ortho intramolecular Hbond substituents is 1. The Kier molecular flexibility index (Phi) is 5.40. The van der Waals surface area contributed by atoms with E-state index in [-0.39, 0.29) is 11.7 Å². The van der Waals surface area contributed by atoms with E-state index in [0.29, 0.717) is 16.9 Å². The average Bonchev–Trinajstić information content (AvgIpc) is 2.74. The maximum absolute atomic E-state index is 12.8. The highest BCUT2D eigenvalue weighted by Gasteiger charge is 2.42. The van der Waals surface area contributed by atoms with Crippen LogP contribution in [0.5, 0.6) is 5.75 Å². The monoisotopic (exact) mass is 378 g/mol. The molecule has 0 aromatic heterocycles. The van der Waals surface area contributed by atoms with E-state index >= 15 is 0 Å². The Hall–Kier alpha value is -2.33. The molecule has 2 aromatic carbocycles. The predicted molar refractivity (Wildman–Crippen MR) is 112 cm³/mol. The van der Waals surface area contributed by atoms with E-state index < -0.39 is 0 Å². The lowest BCUT2D eigenvalue weighted by Crippen LogP contribution is -2.52. The molecule has 1 atom stereocenters. The van der Waals surface area contributed by atoms with Crippen LogP contribution in [0.2, 0.25) is 0 Å². The molecule has 2 saturated heterocycles. The fourth-order valence-corrected chi connectivity index (χ4v) is 5.02. The number of likely N-dealkylation sites (N-methyl/N-ethyl adjacent to an activating group) is 1. The number of piperidine rings is 2. The third-order valence-corrected chi connectivity index (χ3v) is 6.66. The van der Waals surface area contributed by atoms with E-state index in [2.05, 4.69) is 42.2 Å². The van der Waals surface area contributed by atoms with Gasteiger partial charge in [0.05, 0.1) is 0 Å². The van der Waals surface area contributed by atoms with E-state index in [9.17, 15) is 9.90 Å². The molecule has 4 nitrogen and oxygen atoms in total. The molecule has 2 aliphatic heterocycles. The van der Waals surface area contributed by atoms with Gasteiger partial charge in [-0.3, -0.25) is 4.79 Å². The molecule has 2 aromatic rings. The number of nitrogens with zero attached hydrogens (tertiary/aromatic N) is 2. The van der Waals surface area contributed by atoms with Gasteiger partial charge in [0.2, 0.25) is 0 Å². The number of hydrogen-bond donors (Lipinski definition) is 1. The van der Waals surface area contributed by atoms with Gasteiger partial charge < -0.3 is 14.9 Å². The molecule has 2 heterocycles. The van der Waals surface area contributed by atoms with Gasteiger partial charge in [-0.25, -0.2) is 0 Å². The van der Waals surface area contributed by atoms with Crippen LogP contribution in [0, 0.1) is 5.41 Å². The Bertz CT molecular complexity index is 795. The van der Waals surface area contributed by atoms with Gasteiger partial charge >= 0.3 is 0 Å². The number of carbonyl (C=O) groups is 1. The lowest BCUT2D eigenvalue weighted by molar-refractivity contribution is 0.0158. The van der Waals surface area contributed by atoms with E-state index in [1.165, 1.54) is 12.0 Å². The average molecular weight is 379 g/mol. The van der Waals surface area contributed by atoms with E-state index in [0.717, 1.165) is 45.6 Å². The third-order valence-electron chi connectivity index (χ3n) is 6.66. The zero-order chi connectivity index (χ0) is 19.6. The first-order chi connectivity index (χ1) is 13.6. The zero-order valence-electron chi connectivity index (χ0n) is 16.7. The minimum absolute atomic E-state index is 0.0811. The van der Waals surface area contributed by atoms with E-state index in [4.69, 9.17) is 0 Å². The fourth-order valence-electron chi connectivity index (χ4n) is 5.02. The lowest BCUT2D eigenvalue weighted by Gasteiger charge is -2.50. The Labute approximate surface area is 167 Å². The van der Waals surface area contributed by atoms with Gasteiger partial charge in [0.15, 0.2) is 0 Å². The SMILES string of the molecule is CCN1CC(c2ccccc2)CC2(CCN(C(=O)c3ccc(O)cc3)CC2)C1. The van der Waals surface area contributed by atoms with Crippen molar-refractivity contribution in [3.05, 3.63) is 65.7 Å². The molecule has 0 saturated carbocycles. The number of phenols is 1. The number of carbonyl (C=O) groups excluding carboxylic acids is 1. The maximum Gasteiger partial charge on any atom is 0.253 e. The highest BCUT2D eigenvalue weighted by molar-refractivity contribution is 5.94. The molecule has 1 spiro atoms. The summed E-state index contributed by atoms with van der Waals surface area (Å²) in [4.78, 5) is 17.4. The summed E-state index contributed by atoms with van der Waals surface area (Å²) in [6.45, 7) is 7.26. The number of benzene rings is 2. The summed E-state index contributed by atoms with van der Waals surface area (Å²) >= 11 is 0. The summed E-state index contributed by atoms with van der Waals surface area (Å²) in [5.74, 6) is 0.856. The number of amides is 1. The predicted octanol–water partition coefficient (Wildman–Crippen LogP) is 4.12. The van der Waals surface area contributed by atoms with Crippen LogP contribution in [0.25, 0.3) is 0 Å². The second-order valence-electron chi connectivity index (χ2n) is 8.48. The molecule has 2 aliphatic rings. The Morgan fingerprint density at radius 2 is 1.75 bits per heavy atom. The Morgan fingerprint density at radius 1 is 1.07 bits per heavy atom. The molecule has 1 N–H and O–H groups in total. The molecule has 0 bridgehead atoms. The van der Waals surface area contributed by atoms with Crippen LogP contribution in [0.15, 0.2) is 54.6 Å². The normalized spacial score (nSPS) is 22.3. The topological polar surface area (TPSA) is 43.8 Å². The quantitative estimate of drug-likeness (QED) is 0.874. The first-order valence-electron chi connectivity index (χ1n) is 10.4. The van der Waals surface area contributed by atoms with Gasteiger partial charge in [0.1, 0.15) is 5.75 Å². The van der Waals surface area contributed by atoms with Crippen molar-refractivity contribution in [1.82, 2.24) is 9.80 Å². The van der Waals surface area contributed by atoms with Gasteiger partial charge in [-0.05, 0) is 67.0 Å². The summed E-state index contributed by atoms with van der Waals surface area (Å²) in [5, 5.41) is 9.45.